The van der Waals surface area contributed by atoms with Crippen LogP contribution in [0.3, 0.4) is 0 Å². The van der Waals surface area contributed by atoms with Crippen molar-refractivity contribution in [1.82, 2.24) is 10.3 Å². The average Bonchev–Trinajstić information content (AvgIpc) is 2.60. The van der Waals surface area contributed by atoms with Crippen molar-refractivity contribution in [2.75, 3.05) is 6.54 Å². The third-order valence-electron chi connectivity index (χ3n) is 2.76. The minimum atomic E-state index is 0.0895. The SMILES string of the molecule is C=CC(C)(CNC(C)(C)C)Cc1cnc(C)s1. The fraction of sp³-hybridized carbons (Fsp3) is 0.643. The Hall–Kier alpha value is -0.670. The fourth-order valence-corrected chi connectivity index (χ4v) is 2.55. The Morgan fingerprint density at radius 2 is 2.06 bits per heavy atom. The predicted octanol–water partition coefficient (Wildman–Crippen LogP) is 3.57. The molecular weight excluding hydrogens is 228 g/mol. The van der Waals surface area contributed by atoms with Crippen LogP contribution in [0.2, 0.25) is 0 Å². The lowest BCUT2D eigenvalue weighted by Gasteiger charge is -2.30. The summed E-state index contributed by atoms with van der Waals surface area (Å²) in [7, 11) is 0. The highest BCUT2D eigenvalue weighted by Crippen LogP contribution is 2.26. The highest BCUT2D eigenvalue weighted by atomic mass is 32.1. The Morgan fingerprint density at radius 1 is 1.41 bits per heavy atom. The Balaban J connectivity index is 2.65. The molecule has 0 saturated carbocycles. The molecule has 1 atom stereocenters. The minimum absolute atomic E-state index is 0.0895. The van der Waals surface area contributed by atoms with E-state index >= 15 is 0 Å². The van der Waals surface area contributed by atoms with Crippen LogP contribution in [0.15, 0.2) is 18.9 Å². The maximum absolute atomic E-state index is 4.31. The molecule has 3 heteroatoms. The normalized spacial score (nSPS) is 15.6. The van der Waals surface area contributed by atoms with Crippen molar-refractivity contribution in [3.8, 4) is 0 Å². The summed E-state index contributed by atoms with van der Waals surface area (Å²) in [5.74, 6) is 0. The molecule has 1 rings (SSSR count). The standard InChI is InChI=1S/C14H24N2S/c1-7-14(6,10-16-13(3,4)5)8-12-9-15-11(2)17-12/h7,9,16H,1,8,10H2,2-6H3. The zero-order valence-corrected chi connectivity index (χ0v) is 12.4. The minimum Gasteiger partial charge on any atom is -0.311 e. The van der Waals surface area contributed by atoms with E-state index in [0.29, 0.717) is 0 Å². The molecule has 0 bridgehead atoms. The number of rotatable bonds is 5. The van der Waals surface area contributed by atoms with Crippen LogP contribution in [-0.2, 0) is 6.42 Å². The smallest absolute Gasteiger partial charge is 0.0896 e. The molecule has 0 aliphatic rings. The summed E-state index contributed by atoms with van der Waals surface area (Å²) in [4.78, 5) is 5.64. The van der Waals surface area contributed by atoms with Crippen LogP contribution in [0.4, 0.5) is 0 Å². The molecule has 0 aliphatic heterocycles. The molecule has 2 nitrogen and oxygen atoms in total. The van der Waals surface area contributed by atoms with Crippen LogP contribution < -0.4 is 5.32 Å². The molecule has 1 unspecified atom stereocenters. The van der Waals surface area contributed by atoms with Crippen molar-refractivity contribution in [2.24, 2.45) is 5.41 Å². The van der Waals surface area contributed by atoms with Gasteiger partial charge in [-0.2, -0.15) is 0 Å². The van der Waals surface area contributed by atoms with Crippen LogP contribution in [0.25, 0.3) is 0 Å². The first-order valence-electron chi connectivity index (χ1n) is 6.04. The summed E-state index contributed by atoms with van der Waals surface area (Å²) in [6.07, 6.45) is 5.05. The van der Waals surface area contributed by atoms with Gasteiger partial charge in [0.2, 0.25) is 0 Å². The number of nitrogens with zero attached hydrogens (tertiary/aromatic N) is 1. The molecule has 1 N–H and O–H groups in total. The van der Waals surface area contributed by atoms with E-state index in [0.717, 1.165) is 18.0 Å². The van der Waals surface area contributed by atoms with E-state index in [1.807, 2.05) is 13.1 Å². The van der Waals surface area contributed by atoms with E-state index in [2.05, 4.69) is 50.7 Å². The summed E-state index contributed by atoms with van der Waals surface area (Å²) < 4.78 is 0. The Kier molecular flexibility index (Phi) is 4.50. The van der Waals surface area contributed by atoms with E-state index in [-0.39, 0.29) is 11.0 Å². The second kappa shape index (κ2) is 5.32. The summed E-state index contributed by atoms with van der Waals surface area (Å²) in [6, 6.07) is 0. The zero-order chi connectivity index (χ0) is 13.1. The van der Waals surface area contributed by atoms with Gasteiger partial charge >= 0.3 is 0 Å². The predicted molar refractivity (Wildman–Crippen MR) is 76.6 cm³/mol. The summed E-state index contributed by atoms with van der Waals surface area (Å²) in [5, 5.41) is 4.69. The lowest BCUT2D eigenvalue weighted by Crippen LogP contribution is -2.42. The molecule has 0 aliphatic carbocycles. The first-order chi connectivity index (χ1) is 7.74. The molecule has 0 radical (unpaired) electrons. The zero-order valence-electron chi connectivity index (χ0n) is 11.6. The number of hydrogen-bond donors (Lipinski definition) is 1. The van der Waals surface area contributed by atoms with E-state index in [9.17, 15) is 0 Å². The average molecular weight is 252 g/mol. The highest BCUT2D eigenvalue weighted by Gasteiger charge is 2.24. The summed E-state index contributed by atoms with van der Waals surface area (Å²) in [5.41, 5.74) is 0.236. The first kappa shape index (κ1) is 14.4. The second-order valence-corrected chi connectivity index (χ2v) is 7.30. The number of aryl methyl sites for hydroxylation is 1. The monoisotopic (exact) mass is 252 g/mol. The maximum atomic E-state index is 4.31. The number of nitrogens with one attached hydrogen (secondary N) is 1. The summed E-state index contributed by atoms with van der Waals surface area (Å²) in [6.45, 7) is 15.8. The lowest BCUT2D eigenvalue weighted by atomic mass is 9.85. The molecule has 96 valence electrons. The van der Waals surface area contributed by atoms with Gasteiger partial charge in [-0.05, 0) is 34.1 Å². The van der Waals surface area contributed by atoms with E-state index in [1.165, 1.54) is 4.88 Å². The van der Waals surface area contributed by atoms with Crippen molar-refractivity contribution in [3.63, 3.8) is 0 Å². The van der Waals surface area contributed by atoms with Gasteiger partial charge in [-0.3, -0.25) is 0 Å². The van der Waals surface area contributed by atoms with Crippen molar-refractivity contribution in [3.05, 3.63) is 28.7 Å². The largest absolute Gasteiger partial charge is 0.311 e. The molecule has 17 heavy (non-hydrogen) atoms. The molecular formula is C14H24N2S. The van der Waals surface area contributed by atoms with Gasteiger partial charge in [-0.15, -0.1) is 17.9 Å². The Labute approximate surface area is 109 Å². The lowest BCUT2D eigenvalue weighted by molar-refractivity contribution is 0.324. The molecule has 0 spiro atoms. The van der Waals surface area contributed by atoms with Gasteiger partial charge < -0.3 is 5.32 Å². The van der Waals surface area contributed by atoms with Crippen molar-refractivity contribution >= 4 is 11.3 Å². The quantitative estimate of drug-likeness (QED) is 0.810. The van der Waals surface area contributed by atoms with Gasteiger partial charge in [-0.1, -0.05) is 13.0 Å². The number of thiazole rings is 1. The van der Waals surface area contributed by atoms with Gasteiger partial charge in [0.15, 0.2) is 0 Å². The third kappa shape index (κ3) is 5.00. The first-order valence-corrected chi connectivity index (χ1v) is 6.86. The second-order valence-electron chi connectivity index (χ2n) is 5.98. The molecule has 0 fully saturated rings. The molecule has 1 aromatic heterocycles. The van der Waals surface area contributed by atoms with E-state index in [4.69, 9.17) is 0 Å². The Bertz CT molecular complexity index is 376. The maximum Gasteiger partial charge on any atom is 0.0896 e. The van der Waals surface area contributed by atoms with Crippen LogP contribution >= 0.6 is 11.3 Å². The van der Waals surface area contributed by atoms with Crippen LogP contribution in [0.5, 0.6) is 0 Å². The number of hydrogen-bond acceptors (Lipinski definition) is 3. The molecule has 0 aromatic carbocycles. The third-order valence-corrected chi connectivity index (χ3v) is 3.68. The van der Waals surface area contributed by atoms with Gasteiger partial charge in [0.05, 0.1) is 5.01 Å². The van der Waals surface area contributed by atoms with Gasteiger partial charge in [0.1, 0.15) is 0 Å². The van der Waals surface area contributed by atoms with Crippen LogP contribution in [0.1, 0.15) is 37.6 Å². The van der Waals surface area contributed by atoms with Gasteiger partial charge in [0.25, 0.3) is 0 Å². The van der Waals surface area contributed by atoms with Crippen LogP contribution in [-0.4, -0.2) is 17.1 Å². The van der Waals surface area contributed by atoms with Gasteiger partial charge in [0, 0.05) is 28.6 Å². The fourth-order valence-electron chi connectivity index (χ4n) is 1.56. The molecule has 1 aromatic rings. The van der Waals surface area contributed by atoms with Gasteiger partial charge in [-0.25, -0.2) is 4.98 Å². The van der Waals surface area contributed by atoms with Crippen molar-refractivity contribution in [2.45, 2.75) is 46.6 Å². The highest BCUT2D eigenvalue weighted by molar-refractivity contribution is 7.11. The van der Waals surface area contributed by atoms with E-state index < -0.39 is 0 Å². The summed E-state index contributed by atoms with van der Waals surface area (Å²) >= 11 is 1.78. The Morgan fingerprint density at radius 3 is 2.47 bits per heavy atom. The van der Waals surface area contributed by atoms with Crippen molar-refractivity contribution in [1.29, 1.82) is 0 Å². The number of aromatic nitrogens is 1. The molecule has 0 amide bonds. The molecule has 0 saturated heterocycles. The van der Waals surface area contributed by atoms with E-state index in [1.54, 1.807) is 11.3 Å². The topological polar surface area (TPSA) is 24.9 Å². The van der Waals surface area contributed by atoms with Crippen LogP contribution in [0, 0.1) is 12.3 Å². The molecule has 1 heterocycles. The van der Waals surface area contributed by atoms with Crippen molar-refractivity contribution < 1.29 is 0 Å².